The summed E-state index contributed by atoms with van der Waals surface area (Å²) in [4.78, 5) is 29.9. The summed E-state index contributed by atoms with van der Waals surface area (Å²) in [6.45, 7) is 4.50. The molecule has 1 amide bonds. The number of carbonyl (C=O) groups is 1. The first-order valence-corrected chi connectivity index (χ1v) is 12.3. The van der Waals surface area contributed by atoms with Gasteiger partial charge in [-0.15, -0.1) is 0 Å². The molecule has 1 saturated heterocycles. The van der Waals surface area contributed by atoms with E-state index in [-0.39, 0.29) is 5.91 Å². The third-order valence-corrected chi connectivity index (χ3v) is 6.77. The van der Waals surface area contributed by atoms with Crippen LogP contribution in [0, 0.1) is 0 Å². The summed E-state index contributed by atoms with van der Waals surface area (Å²) >= 11 is 6.46. The van der Waals surface area contributed by atoms with Gasteiger partial charge in [0.2, 0.25) is 5.95 Å². The predicted octanol–water partition coefficient (Wildman–Crippen LogP) is 3.88. The number of rotatable bonds is 7. The molecular formula is C26H28ClN7O3. The maximum atomic E-state index is 12.4. The minimum absolute atomic E-state index is 0.0190. The number of nitrogens with zero attached hydrogens (tertiary/aromatic N) is 6. The van der Waals surface area contributed by atoms with Gasteiger partial charge in [-0.2, -0.15) is 0 Å². The van der Waals surface area contributed by atoms with Gasteiger partial charge in [0.15, 0.2) is 0 Å². The average molecular weight is 522 g/mol. The van der Waals surface area contributed by atoms with Crippen molar-refractivity contribution in [2.45, 2.75) is 13.0 Å². The number of nitrogens with one attached hydrogen (secondary N) is 1. The van der Waals surface area contributed by atoms with Crippen LogP contribution in [0.5, 0.6) is 5.75 Å². The standard InChI is InChI=1S/C26H28ClN7O3/c1-17(36-2)25(35)33-12-10-32(11-13-33)18-7-8-20(22(14-18)37-3)30-26-29-15-19(27)24(31-26)21-16-28-23-6-4-5-9-34(21)23/h4-9,14-17H,10-13H2,1-3H3,(H,29,30,31)/t17-/m1/s1. The van der Waals surface area contributed by atoms with Gasteiger partial charge in [0.05, 0.1) is 35.9 Å². The van der Waals surface area contributed by atoms with Crippen LogP contribution in [0.2, 0.25) is 5.02 Å². The number of halogens is 1. The van der Waals surface area contributed by atoms with Crippen molar-refractivity contribution in [3.8, 4) is 17.1 Å². The fraction of sp³-hybridized carbons (Fsp3) is 0.308. The van der Waals surface area contributed by atoms with Gasteiger partial charge < -0.3 is 24.6 Å². The summed E-state index contributed by atoms with van der Waals surface area (Å²) in [6.07, 6.45) is 4.80. The smallest absolute Gasteiger partial charge is 0.251 e. The van der Waals surface area contributed by atoms with E-state index in [2.05, 4.69) is 25.2 Å². The zero-order valence-corrected chi connectivity index (χ0v) is 21.6. The normalized spacial score (nSPS) is 14.6. The van der Waals surface area contributed by atoms with Crippen LogP contribution in [0.4, 0.5) is 17.3 Å². The van der Waals surface area contributed by atoms with Gasteiger partial charge in [0, 0.05) is 51.2 Å². The molecule has 0 saturated carbocycles. The number of amides is 1. The van der Waals surface area contributed by atoms with E-state index in [0.29, 0.717) is 35.5 Å². The minimum atomic E-state index is -0.430. The Labute approximate surface area is 219 Å². The van der Waals surface area contributed by atoms with E-state index in [1.165, 1.54) is 0 Å². The number of methoxy groups -OCH3 is 2. The molecule has 0 unspecified atom stereocenters. The van der Waals surface area contributed by atoms with Crippen molar-refractivity contribution in [1.82, 2.24) is 24.3 Å². The van der Waals surface area contributed by atoms with Crippen molar-refractivity contribution < 1.29 is 14.3 Å². The van der Waals surface area contributed by atoms with E-state index >= 15 is 0 Å². The quantitative estimate of drug-likeness (QED) is 0.391. The first-order chi connectivity index (χ1) is 18.0. The monoisotopic (exact) mass is 521 g/mol. The lowest BCUT2D eigenvalue weighted by Crippen LogP contribution is -2.51. The molecule has 11 heteroatoms. The molecule has 1 atom stereocenters. The molecule has 192 valence electrons. The van der Waals surface area contributed by atoms with E-state index in [9.17, 15) is 4.79 Å². The highest BCUT2D eigenvalue weighted by molar-refractivity contribution is 6.32. The molecule has 1 fully saturated rings. The Kier molecular flexibility index (Phi) is 7.11. The third-order valence-electron chi connectivity index (χ3n) is 6.49. The number of aromatic nitrogens is 4. The summed E-state index contributed by atoms with van der Waals surface area (Å²) in [6, 6.07) is 11.7. The van der Waals surface area contributed by atoms with Crippen molar-refractivity contribution in [2.24, 2.45) is 0 Å². The molecule has 0 aliphatic carbocycles. The highest BCUT2D eigenvalue weighted by Crippen LogP contribution is 2.33. The molecule has 1 N–H and O–H groups in total. The van der Waals surface area contributed by atoms with Crippen LogP contribution >= 0.6 is 11.6 Å². The topological polar surface area (TPSA) is 97.1 Å². The van der Waals surface area contributed by atoms with Crippen LogP contribution in [-0.2, 0) is 9.53 Å². The number of anilines is 3. The molecule has 5 rings (SSSR count). The molecule has 37 heavy (non-hydrogen) atoms. The average Bonchev–Trinajstić information content (AvgIpc) is 3.37. The number of fused-ring (bicyclic) bond motifs is 1. The first kappa shape index (κ1) is 24.8. The molecule has 10 nitrogen and oxygen atoms in total. The van der Waals surface area contributed by atoms with Gasteiger partial charge in [0.1, 0.15) is 23.2 Å². The Morgan fingerprint density at radius 1 is 1.08 bits per heavy atom. The second kappa shape index (κ2) is 10.6. The summed E-state index contributed by atoms with van der Waals surface area (Å²) in [5, 5.41) is 3.68. The van der Waals surface area contributed by atoms with Gasteiger partial charge in [0.25, 0.3) is 5.91 Å². The van der Waals surface area contributed by atoms with Crippen LogP contribution in [0.3, 0.4) is 0 Å². The first-order valence-electron chi connectivity index (χ1n) is 11.9. The van der Waals surface area contributed by atoms with E-state index in [1.54, 1.807) is 33.5 Å². The number of imidazole rings is 1. The van der Waals surface area contributed by atoms with Gasteiger partial charge in [-0.05, 0) is 31.2 Å². The Hall–Kier alpha value is -3.89. The lowest BCUT2D eigenvalue weighted by atomic mass is 10.2. The van der Waals surface area contributed by atoms with Gasteiger partial charge in [-0.25, -0.2) is 15.0 Å². The van der Waals surface area contributed by atoms with E-state index in [4.69, 9.17) is 21.1 Å². The van der Waals surface area contributed by atoms with Crippen LogP contribution in [0.1, 0.15) is 6.92 Å². The van der Waals surface area contributed by atoms with Crippen molar-refractivity contribution in [3.63, 3.8) is 0 Å². The molecule has 1 aliphatic heterocycles. The Bertz CT molecular complexity index is 1420. The van der Waals surface area contributed by atoms with Crippen LogP contribution < -0.4 is 15.0 Å². The molecule has 0 bridgehead atoms. The minimum Gasteiger partial charge on any atom is -0.494 e. The number of carbonyl (C=O) groups excluding carboxylic acids is 1. The van der Waals surface area contributed by atoms with Crippen molar-refractivity contribution >= 4 is 40.5 Å². The molecule has 1 aromatic carbocycles. The zero-order chi connectivity index (χ0) is 25.9. The molecule has 1 aliphatic rings. The molecule has 0 spiro atoms. The highest BCUT2D eigenvalue weighted by Gasteiger charge is 2.25. The number of ether oxygens (including phenoxy) is 2. The highest BCUT2D eigenvalue weighted by atomic mass is 35.5. The molecule has 4 aromatic rings. The number of hydrogen-bond acceptors (Lipinski definition) is 8. The largest absolute Gasteiger partial charge is 0.494 e. The van der Waals surface area contributed by atoms with Crippen molar-refractivity contribution in [2.75, 3.05) is 50.6 Å². The summed E-state index contributed by atoms with van der Waals surface area (Å²) in [7, 11) is 3.18. The lowest BCUT2D eigenvalue weighted by Gasteiger charge is -2.37. The Morgan fingerprint density at radius 3 is 2.65 bits per heavy atom. The maximum Gasteiger partial charge on any atom is 0.251 e. The van der Waals surface area contributed by atoms with Crippen LogP contribution in [0.15, 0.2) is 55.0 Å². The van der Waals surface area contributed by atoms with E-state index in [0.717, 1.165) is 35.8 Å². The van der Waals surface area contributed by atoms with E-state index in [1.807, 2.05) is 51.9 Å². The summed E-state index contributed by atoms with van der Waals surface area (Å²) < 4.78 is 12.8. The number of pyridine rings is 1. The van der Waals surface area contributed by atoms with Crippen LogP contribution in [-0.4, -0.2) is 76.7 Å². The zero-order valence-electron chi connectivity index (χ0n) is 20.9. The fourth-order valence-corrected chi connectivity index (χ4v) is 4.55. The summed E-state index contributed by atoms with van der Waals surface area (Å²) in [5.74, 6) is 1.06. The maximum absolute atomic E-state index is 12.4. The third kappa shape index (κ3) is 5.03. The number of hydrogen-bond donors (Lipinski definition) is 1. The van der Waals surface area contributed by atoms with Gasteiger partial charge in [-0.1, -0.05) is 17.7 Å². The SMILES string of the molecule is COc1cc(N2CCN(C(=O)[C@@H](C)OC)CC2)ccc1Nc1ncc(Cl)c(-c2cnc3ccccn23)n1. The van der Waals surface area contributed by atoms with Gasteiger partial charge in [-0.3, -0.25) is 9.20 Å². The van der Waals surface area contributed by atoms with Crippen molar-refractivity contribution in [3.05, 3.63) is 60.0 Å². The predicted molar refractivity (Wildman–Crippen MR) is 143 cm³/mol. The Balaban J connectivity index is 1.33. The molecule has 3 aromatic heterocycles. The molecular weight excluding hydrogens is 494 g/mol. The second-order valence-electron chi connectivity index (χ2n) is 8.66. The second-order valence-corrected chi connectivity index (χ2v) is 9.07. The molecule has 0 radical (unpaired) electrons. The fourth-order valence-electron chi connectivity index (χ4n) is 4.36. The van der Waals surface area contributed by atoms with Crippen molar-refractivity contribution in [1.29, 1.82) is 0 Å². The van der Waals surface area contributed by atoms with Gasteiger partial charge >= 0.3 is 0 Å². The Morgan fingerprint density at radius 2 is 1.89 bits per heavy atom. The number of piperazine rings is 1. The lowest BCUT2D eigenvalue weighted by molar-refractivity contribution is -0.141. The van der Waals surface area contributed by atoms with E-state index < -0.39 is 6.10 Å². The molecule has 4 heterocycles. The van der Waals surface area contributed by atoms with Crippen LogP contribution in [0.25, 0.3) is 17.0 Å². The number of benzene rings is 1. The summed E-state index contributed by atoms with van der Waals surface area (Å²) in [5.41, 5.74) is 3.88.